The fourth-order valence-corrected chi connectivity index (χ4v) is 2.52. The molecule has 18 heavy (non-hydrogen) atoms. The van der Waals surface area contributed by atoms with Crippen molar-refractivity contribution in [1.29, 1.82) is 0 Å². The molecule has 1 N–H and O–H groups in total. The van der Waals surface area contributed by atoms with Gasteiger partial charge < -0.3 is 9.84 Å². The number of likely N-dealkylation sites (tertiary alicyclic amines) is 1. The van der Waals surface area contributed by atoms with E-state index < -0.39 is 0 Å². The average Bonchev–Trinajstić information content (AvgIpc) is 2.42. The van der Waals surface area contributed by atoms with Crippen LogP contribution in [0.3, 0.4) is 0 Å². The molecule has 1 heterocycles. The van der Waals surface area contributed by atoms with E-state index in [-0.39, 0.29) is 6.10 Å². The molecule has 0 aliphatic carbocycles. The second-order valence-corrected chi connectivity index (χ2v) is 5.48. The molecule has 1 aromatic carbocycles. The first kappa shape index (κ1) is 13.7. The first-order valence-electron chi connectivity index (χ1n) is 6.45. The summed E-state index contributed by atoms with van der Waals surface area (Å²) in [5, 5.41) is 9.42. The Bertz CT molecular complexity index is 347. The van der Waals surface area contributed by atoms with E-state index in [1.165, 1.54) is 4.90 Å². The largest absolute Gasteiger partial charge is 0.492 e. The smallest absolute Gasteiger partial charge is 0.119 e. The number of piperidine rings is 1. The summed E-state index contributed by atoms with van der Waals surface area (Å²) in [6.07, 6.45) is 3.76. The van der Waals surface area contributed by atoms with E-state index in [0.29, 0.717) is 6.61 Å². The number of rotatable bonds is 5. The van der Waals surface area contributed by atoms with Crippen LogP contribution in [0.15, 0.2) is 29.2 Å². The van der Waals surface area contributed by atoms with Crippen LogP contribution in [0.1, 0.15) is 12.8 Å². The Balaban J connectivity index is 1.68. The molecule has 0 bridgehead atoms. The minimum absolute atomic E-state index is 0.0961. The van der Waals surface area contributed by atoms with E-state index >= 15 is 0 Å². The van der Waals surface area contributed by atoms with E-state index in [1.807, 2.05) is 12.1 Å². The second-order valence-electron chi connectivity index (χ2n) is 4.60. The molecule has 1 aliphatic heterocycles. The summed E-state index contributed by atoms with van der Waals surface area (Å²) in [5.74, 6) is 0.935. The molecular formula is C14H21NO2S. The third-order valence-electron chi connectivity index (χ3n) is 3.29. The van der Waals surface area contributed by atoms with Crippen LogP contribution >= 0.6 is 11.8 Å². The molecule has 4 heteroatoms. The molecule has 0 amide bonds. The fourth-order valence-electron chi connectivity index (χ4n) is 2.11. The molecule has 0 aromatic heterocycles. The lowest BCUT2D eigenvalue weighted by atomic mass is 10.1. The molecule has 1 saturated heterocycles. The summed E-state index contributed by atoms with van der Waals surface area (Å²) in [7, 11) is 0. The van der Waals surface area contributed by atoms with Crippen molar-refractivity contribution in [1.82, 2.24) is 4.90 Å². The highest BCUT2D eigenvalue weighted by Crippen LogP contribution is 2.19. The number of benzene rings is 1. The van der Waals surface area contributed by atoms with E-state index in [2.05, 4.69) is 23.3 Å². The van der Waals surface area contributed by atoms with Crippen LogP contribution in [0.25, 0.3) is 0 Å². The molecule has 1 fully saturated rings. The van der Waals surface area contributed by atoms with Crippen LogP contribution in [-0.2, 0) is 0 Å². The van der Waals surface area contributed by atoms with E-state index in [4.69, 9.17) is 4.74 Å². The van der Waals surface area contributed by atoms with E-state index in [9.17, 15) is 5.11 Å². The van der Waals surface area contributed by atoms with Crippen LogP contribution in [0.5, 0.6) is 5.75 Å². The van der Waals surface area contributed by atoms with Gasteiger partial charge in [0.15, 0.2) is 0 Å². The van der Waals surface area contributed by atoms with Gasteiger partial charge in [0, 0.05) is 24.5 Å². The third kappa shape index (κ3) is 4.19. The quantitative estimate of drug-likeness (QED) is 0.829. The maximum absolute atomic E-state index is 9.42. The van der Waals surface area contributed by atoms with Gasteiger partial charge in [-0.3, -0.25) is 4.90 Å². The Morgan fingerprint density at radius 1 is 1.28 bits per heavy atom. The zero-order valence-corrected chi connectivity index (χ0v) is 11.7. The highest BCUT2D eigenvalue weighted by Gasteiger charge is 2.16. The predicted molar refractivity (Wildman–Crippen MR) is 75.4 cm³/mol. The molecular weight excluding hydrogens is 246 g/mol. The van der Waals surface area contributed by atoms with Crippen molar-refractivity contribution >= 4 is 11.8 Å². The Morgan fingerprint density at radius 2 is 1.94 bits per heavy atom. The first-order valence-corrected chi connectivity index (χ1v) is 7.67. The minimum Gasteiger partial charge on any atom is -0.492 e. The summed E-state index contributed by atoms with van der Waals surface area (Å²) in [5.41, 5.74) is 0. The third-order valence-corrected chi connectivity index (χ3v) is 4.04. The Hall–Kier alpha value is -0.710. The molecule has 1 aromatic rings. The SMILES string of the molecule is CSc1ccc(OCCN2CCC(O)CC2)cc1. The summed E-state index contributed by atoms with van der Waals surface area (Å²) in [6.45, 7) is 3.62. The Morgan fingerprint density at radius 3 is 2.56 bits per heavy atom. The summed E-state index contributed by atoms with van der Waals surface area (Å²) < 4.78 is 5.72. The van der Waals surface area contributed by atoms with Crippen molar-refractivity contribution in [3.63, 3.8) is 0 Å². The standard InChI is InChI=1S/C14H21NO2S/c1-18-14-4-2-13(3-5-14)17-11-10-15-8-6-12(16)7-9-15/h2-5,12,16H,6-11H2,1H3. The minimum atomic E-state index is -0.0961. The zero-order valence-electron chi connectivity index (χ0n) is 10.8. The molecule has 0 radical (unpaired) electrons. The lowest BCUT2D eigenvalue weighted by Gasteiger charge is -2.29. The molecule has 2 rings (SSSR count). The van der Waals surface area contributed by atoms with Crippen molar-refractivity contribution in [2.45, 2.75) is 23.8 Å². The van der Waals surface area contributed by atoms with Crippen LogP contribution in [0, 0.1) is 0 Å². The van der Waals surface area contributed by atoms with Gasteiger partial charge >= 0.3 is 0 Å². The monoisotopic (exact) mass is 267 g/mol. The summed E-state index contributed by atoms with van der Waals surface area (Å²) in [6, 6.07) is 8.20. The van der Waals surface area contributed by atoms with Crippen LogP contribution in [0.4, 0.5) is 0 Å². The number of thioether (sulfide) groups is 1. The lowest BCUT2D eigenvalue weighted by Crippen LogP contribution is -2.38. The number of ether oxygens (including phenoxy) is 1. The molecule has 0 atom stereocenters. The molecule has 1 aliphatic rings. The molecule has 0 unspecified atom stereocenters. The number of aliphatic hydroxyl groups excluding tert-OH is 1. The van der Waals surface area contributed by atoms with Crippen molar-refractivity contribution in [3.8, 4) is 5.75 Å². The highest BCUT2D eigenvalue weighted by atomic mass is 32.2. The first-order chi connectivity index (χ1) is 8.78. The zero-order chi connectivity index (χ0) is 12.8. The number of aliphatic hydroxyl groups is 1. The van der Waals surface area contributed by atoms with Gasteiger partial charge in [0.25, 0.3) is 0 Å². The Labute approximate surface area is 113 Å². The van der Waals surface area contributed by atoms with Gasteiger partial charge in [-0.05, 0) is 43.4 Å². The van der Waals surface area contributed by atoms with E-state index in [1.54, 1.807) is 11.8 Å². The van der Waals surface area contributed by atoms with Gasteiger partial charge in [-0.15, -0.1) is 11.8 Å². The van der Waals surface area contributed by atoms with Crippen LogP contribution in [-0.4, -0.2) is 48.6 Å². The highest BCUT2D eigenvalue weighted by molar-refractivity contribution is 7.98. The number of hydrogen-bond donors (Lipinski definition) is 1. The maximum atomic E-state index is 9.42. The fraction of sp³-hybridized carbons (Fsp3) is 0.571. The van der Waals surface area contributed by atoms with Gasteiger partial charge in [0.2, 0.25) is 0 Å². The maximum Gasteiger partial charge on any atom is 0.119 e. The van der Waals surface area contributed by atoms with Gasteiger partial charge in [0.05, 0.1) is 6.10 Å². The molecule has 0 saturated carbocycles. The van der Waals surface area contributed by atoms with Crippen LogP contribution < -0.4 is 4.74 Å². The predicted octanol–water partition coefficient (Wildman–Crippen LogP) is 2.24. The van der Waals surface area contributed by atoms with Gasteiger partial charge in [-0.2, -0.15) is 0 Å². The van der Waals surface area contributed by atoms with Gasteiger partial charge in [0.1, 0.15) is 12.4 Å². The van der Waals surface area contributed by atoms with Crippen molar-refractivity contribution < 1.29 is 9.84 Å². The number of nitrogens with zero attached hydrogens (tertiary/aromatic N) is 1. The van der Waals surface area contributed by atoms with Crippen LogP contribution in [0.2, 0.25) is 0 Å². The summed E-state index contributed by atoms with van der Waals surface area (Å²) >= 11 is 1.74. The van der Waals surface area contributed by atoms with Crippen molar-refractivity contribution in [2.24, 2.45) is 0 Å². The lowest BCUT2D eigenvalue weighted by molar-refractivity contribution is 0.0755. The second kappa shape index (κ2) is 7.02. The average molecular weight is 267 g/mol. The molecule has 100 valence electrons. The Kier molecular flexibility index (Phi) is 5.35. The van der Waals surface area contributed by atoms with Crippen molar-refractivity contribution in [2.75, 3.05) is 32.5 Å². The van der Waals surface area contributed by atoms with E-state index in [0.717, 1.165) is 38.2 Å². The normalized spacial score (nSPS) is 17.9. The van der Waals surface area contributed by atoms with Crippen molar-refractivity contribution in [3.05, 3.63) is 24.3 Å². The van der Waals surface area contributed by atoms with Gasteiger partial charge in [-0.1, -0.05) is 0 Å². The summed E-state index contributed by atoms with van der Waals surface area (Å²) in [4.78, 5) is 3.61. The van der Waals surface area contributed by atoms with Gasteiger partial charge in [-0.25, -0.2) is 0 Å². The topological polar surface area (TPSA) is 32.7 Å². The molecule has 0 spiro atoms. The number of hydrogen-bond acceptors (Lipinski definition) is 4. The molecule has 3 nitrogen and oxygen atoms in total.